The van der Waals surface area contributed by atoms with Gasteiger partial charge in [0.25, 0.3) is 11.6 Å². The number of rotatable bonds is 8. The minimum atomic E-state index is -0.395. The Balaban J connectivity index is 1.57. The van der Waals surface area contributed by atoms with E-state index in [1.807, 2.05) is 17.5 Å². The Morgan fingerprint density at radius 2 is 2.21 bits per heavy atom. The zero-order valence-electron chi connectivity index (χ0n) is 15.9. The molecule has 0 atom stereocenters. The lowest BCUT2D eigenvalue weighted by Crippen LogP contribution is -2.25. The highest BCUT2D eigenvalue weighted by Gasteiger charge is 2.23. The standard InChI is InChI=1S/C19H20N4O5S/c1-2-5-22(10-17-20-21-19(28-17)16-4-3-6-29-16)9-13-7-15(23(24)25)8-14-11-26-12-27-18(13)14/h3-4,6-8H,2,5,9-12H2,1H3. The van der Waals surface area contributed by atoms with Crippen molar-refractivity contribution in [3.63, 3.8) is 0 Å². The Hall–Kier alpha value is -2.82. The van der Waals surface area contributed by atoms with Gasteiger partial charge in [0, 0.05) is 29.8 Å². The molecule has 1 aliphatic heterocycles. The highest BCUT2D eigenvalue weighted by atomic mass is 32.1. The van der Waals surface area contributed by atoms with Crippen LogP contribution in [0.5, 0.6) is 5.75 Å². The molecule has 10 heteroatoms. The van der Waals surface area contributed by atoms with Crippen LogP contribution in [0.1, 0.15) is 30.4 Å². The average molecular weight is 416 g/mol. The third-order valence-corrected chi connectivity index (χ3v) is 5.33. The molecule has 0 unspecified atom stereocenters. The molecular formula is C19H20N4O5S. The number of benzene rings is 1. The third kappa shape index (κ3) is 4.44. The van der Waals surface area contributed by atoms with Gasteiger partial charge in [-0.25, -0.2) is 0 Å². The lowest BCUT2D eigenvalue weighted by atomic mass is 10.1. The Morgan fingerprint density at radius 1 is 1.31 bits per heavy atom. The molecule has 0 N–H and O–H groups in total. The number of non-ortho nitro benzene ring substituents is 1. The molecule has 0 radical (unpaired) electrons. The smallest absolute Gasteiger partial charge is 0.270 e. The van der Waals surface area contributed by atoms with E-state index in [-0.39, 0.29) is 12.5 Å². The number of nitrogens with zero attached hydrogens (tertiary/aromatic N) is 4. The lowest BCUT2D eigenvalue weighted by Gasteiger charge is -2.24. The van der Waals surface area contributed by atoms with E-state index in [2.05, 4.69) is 22.0 Å². The van der Waals surface area contributed by atoms with Crippen molar-refractivity contribution in [1.29, 1.82) is 0 Å². The number of nitro groups is 1. The molecule has 3 aromatic rings. The van der Waals surface area contributed by atoms with E-state index in [1.54, 1.807) is 6.07 Å². The van der Waals surface area contributed by atoms with Crippen molar-refractivity contribution >= 4 is 17.0 Å². The number of fused-ring (bicyclic) bond motifs is 1. The van der Waals surface area contributed by atoms with Crippen LogP contribution in [-0.2, 0) is 24.4 Å². The lowest BCUT2D eigenvalue weighted by molar-refractivity contribution is -0.385. The summed E-state index contributed by atoms with van der Waals surface area (Å²) in [5, 5.41) is 21.6. The minimum absolute atomic E-state index is 0.0297. The van der Waals surface area contributed by atoms with Crippen LogP contribution in [0.25, 0.3) is 10.8 Å². The first-order chi connectivity index (χ1) is 14.1. The Kier molecular flexibility index (Phi) is 5.84. The normalized spacial score (nSPS) is 13.3. The van der Waals surface area contributed by atoms with Gasteiger partial charge in [0.05, 0.1) is 23.0 Å². The van der Waals surface area contributed by atoms with Gasteiger partial charge in [0.2, 0.25) is 5.89 Å². The van der Waals surface area contributed by atoms with E-state index in [4.69, 9.17) is 13.9 Å². The summed E-state index contributed by atoms with van der Waals surface area (Å²) in [7, 11) is 0. The van der Waals surface area contributed by atoms with Gasteiger partial charge in [0.15, 0.2) is 6.79 Å². The fraction of sp³-hybridized carbons (Fsp3) is 0.368. The summed E-state index contributed by atoms with van der Waals surface area (Å²) in [5.41, 5.74) is 1.47. The fourth-order valence-corrected chi connectivity index (χ4v) is 3.93. The molecule has 29 heavy (non-hydrogen) atoms. The second kappa shape index (κ2) is 8.68. The molecule has 9 nitrogen and oxygen atoms in total. The molecule has 0 fully saturated rings. The maximum absolute atomic E-state index is 11.3. The fourth-order valence-electron chi connectivity index (χ4n) is 3.28. The number of thiophene rings is 1. The number of ether oxygens (including phenoxy) is 2. The molecule has 0 aliphatic carbocycles. The molecule has 152 valence electrons. The summed E-state index contributed by atoms with van der Waals surface area (Å²) in [6.07, 6.45) is 0.910. The van der Waals surface area contributed by atoms with Gasteiger partial charge < -0.3 is 13.9 Å². The molecule has 0 saturated carbocycles. The van der Waals surface area contributed by atoms with Crippen molar-refractivity contribution in [2.24, 2.45) is 0 Å². The molecular weight excluding hydrogens is 396 g/mol. The van der Waals surface area contributed by atoms with Gasteiger partial charge in [0.1, 0.15) is 5.75 Å². The molecule has 2 aromatic heterocycles. The zero-order chi connectivity index (χ0) is 20.2. The number of hydrogen-bond acceptors (Lipinski definition) is 9. The van der Waals surface area contributed by atoms with Gasteiger partial charge in [-0.3, -0.25) is 15.0 Å². The number of aromatic nitrogens is 2. The highest BCUT2D eigenvalue weighted by Crippen LogP contribution is 2.33. The Morgan fingerprint density at radius 3 is 2.97 bits per heavy atom. The van der Waals surface area contributed by atoms with E-state index in [0.717, 1.165) is 23.4 Å². The minimum Gasteiger partial charge on any atom is -0.467 e. The first-order valence-electron chi connectivity index (χ1n) is 9.23. The van der Waals surface area contributed by atoms with Crippen LogP contribution >= 0.6 is 11.3 Å². The summed E-state index contributed by atoms with van der Waals surface area (Å²) >= 11 is 1.54. The Bertz CT molecular complexity index is 989. The van der Waals surface area contributed by atoms with Gasteiger partial charge in [-0.1, -0.05) is 13.0 Å². The predicted octanol–water partition coefficient (Wildman–Crippen LogP) is 3.99. The average Bonchev–Trinajstić information content (AvgIpc) is 3.40. The van der Waals surface area contributed by atoms with Crippen LogP contribution < -0.4 is 4.74 Å². The van der Waals surface area contributed by atoms with Crippen LogP contribution in [0.2, 0.25) is 0 Å². The van der Waals surface area contributed by atoms with E-state index >= 15 is 0 Å². The zero-order valence-corrected chi connectivity index (χ0v) is 16.7. The predicted molar refractivity (Wildman–Crippen MR) is 105 cm³/mol. The Labute approximate surface area is 171 Å². The highest BCUT2D eigenvalue weighted by molar-refractivity contribution is 7.13. The third-order valence-electron chi connectivity index (χ3n) is 4.47. The summed E-state index contributed by atoms with van der Waals surface area (Å²) in [6.45, 7) is 4.19. The van der Waals surface area contributed by atoms with Crippen LogP contribution in [0.15, 0.2) is 34.1 Å². The second-order valence-electron chi connectivity index (χ2n) is 6.65. The maximum atomic E-state index is 11.3. The topological polar surface area (TPSA) is 104 Å². The molecule has 0 bridgehead atoms. The van der Waals surface area contributed by atoms with E-state index in [1.165, 1.54) is 17.4 Å². The van der Waals surface area contributed by atoms with Crippen molar-refractivity contribution < 1.29 is 18.8 Å². The van der Waals surface area contributed by atoms with Gasteiger partial charge in [-0.05, 0) is 24.4 Å². The summed E-state index contributed by atoms with van der Waals surface area (Å²) in [4.78, 5) is 14.0. The summed E-state index contributed by atoms with van der Waals surface area (Å²) in [6, 6.07) is 6.94. The van der Waals surface area contributed by atoms with Crippen molar-refractivity contribution in [2.75, 3.05) is 13.3 Å². The molecule has 1 aromatic carbocycles. The molecule has 1 aliphatic rings. The second-order valence-corrected chi connectivity index (χ2v) is 7.60. The molecule has 3 heterocycles. The molecule has 0 amide bonds. The maximum Gasteiger partial charge on any atom is 0.270 e. The van der Waals surface area contributed by atoms with E-state index < -0.39 is 4.92 Å². The molecule has 0 spiro atoms. The van der Waals surface area contributed by atoms with Crippen molar-refractivity contribution in [2.45, 2.75) is 33.0 Å². The quantitative estimate of drug-likeness (QED) is 0.401. The first kappa shape index (κ1) is 19.5. The SMILES string of the molecule is CCCN(Cc1nnc(-c2cccs2)o1)Cc1cc([N+](=O)[O-])cc2c1OCOC2. The van der Waals surface area contributed by atoms with Crippen LogP contribution in [0.3, 0.4) is 0 Å². The first-order valence-corrected chi connectivity index (χ1v) is 10.1. The van der Waals surface area contributed by atoms with Gasteiger partial charge in [-0.15, -0.1) is 21.5 Å². The van der Waals surface area contributed by atoms with E-state index in [9.17, 15) is 10.1 Å². The van der Waals surface area contributed by atoms with Crippen LogP contribution in [0, 0.1) is 10.1 Å². The molecule has 4 rings (SSSR count). The molecule has 0 saturated heterocycles. The van der Waals surface area contributed by atoms with Gasteiger partial charge in [-0.2, -0.15) is 0 Å². The van der Waals surface area contributed by atoms with Crippen molar-refractivity contribution in [3.05, 3.63) is 56.8 Å². The summed E-state index contributed by atoms with van der Waals surface area (Å²) in [5.74, 6) is 1.66. The van der Waals surface area contributed by atoms with Crippen molar-refractivity contribution in [1.82, 2.24) is 15.1 Å². The number of hydrogen-bond donors (Lipinski definition) is 0. The van der Waals surface area contributed by atoms with E-state index in [0.29, 0.717) is 42.8 Å². The number of nitro benzene ring substituents is 1. The monoisotopic (exact) mass is 416 g/mol. The summed E-state index contributed by atoms with van der Waals surface area (Å²) < 4.78 is 16.7. The largest absolute Gasteiger partial charge is 0.467 e. The van der Waals surface area contributed by atoms with Crippen LogP contribution in [-0.4, -0.2) is 33.4 Å². The van der Waals surface area contributed by atoms with Crippen molar-refractivity contribution in [3.8, 4) is 16.5 Å². The van der Waals surface area contributed by atoms with Crippen LogP contribution in [0.4, 0.5) is 5.69 Å². The van der Waals surface area contributed by atoms with Gasteiger partial charge >= 0.3 is 0 Å².